The third-order valence-corrected chi connectivity index (χ3v) is 4.61. The first-order chi connectivity index (χ1) is 12.9. The summed E-state index contributed by atoms with van der Waals surface area (Å²) < 4.78 is 16.4. The molecule has 0 aliphatic carbocycles. The second kappa shape index (κ2) is 8.74. The minimum Gasteiger partial charge on any atom is -0.454 e. The topological polar surface area (TPSA) is 51.2 Å². The van der Waals surface area contributed by atoms with Crippen LogP contribution in [0.5, 0.6) is 11.5 Å². The van der Waals surface area contributed by atoms with Crippen molar-refractivity contribution in [1.29, 1.82) is 0 Å². The number of hydrogen-bond acceptors (Lipinski definition) is 5. The monoisotopic (exact) mass is 371 g/mol. The Hall–Kier alpha value is -2.08. The molecule has 146 valence electrons. The highest BCUT2D eigenvalue weighted by Crippen LogP contribution is 2.32. The Labute approximate surface area is 161 Å². The predicted octanol–water partition coefficient (Wildman–Crippen LogP) is 3.59. The third-order valence-electron chi connectivity index (χ3n) is 4.61. The summed E-state index contributed by atoms with van der Waals surface area (Å²) in [5, 5.41) is 10.5. The molecular weight excluding hydrogens is 342 g/mol. The summed E-state index contributed by atoms with van der Waals surface area (Å²) in [4.78, 5) is 2.27. The maximum atomic E-state index is 10.5. The quantitative estimate of drug-likeness (QED) is 0.768. The summed E-state index contributed by atoms with van der Waals surface area (Å²) in [6, 6.07) is 16.1. The molecule has 0 aromatic heterocycles. The average molecular weight is 371 g/mol. The van der Waals surface area contributed by atoms with Gasteiger partial charge in [-0.1, -0.05) is 36.4 Å². The van der Waals surface area contributed by atoms with E-state index in [2.05, 4.69) is 37.8 Å². The molecule has 1 aliphatic heterocycles. The van der Waals surface area contributed by atoms with Crippen molar-refractivity contribution in [2.75, 3.05) is 19.9 Å². The van der Waals surface area contributed by atoms with Gasteiger partial charge in [-0.3, -0.25) is 4.90 Å². The molecule has 5 nitrogen and oxygen atoms in total. The van der Waals surface area contributed by atoms with E-state index in [1.54, 1.807) is 0 Å². The van der Waals surface area contributed by atoms with Crippen molar-refractivity contribution in [2.45, 2.75) is 45.6 Å². The van der Waals surface area contributed by atoms with E-state index in [0.717, 1.165) is 23.6 Å². The first kappa shape index (κ1) is 19.7. The van der Waals surface area contributed by atoms with E-state index < -0.39 is 6.10 Å². The first-order valence-corrected chi connectivity index (χ1v) is 9.35. The molecule has 1 aliphatic rings. The van der Waals surface area contributed by atoms with E-state index in [1.165, 1.54) is 5.56 Å². The van der Waals surface area contributed by atoms with E-state index >= 15 is 0 Å². The van der Waals surface area contributed by atoms with E-state index in [4.69, 9.17) is 14.2 Å². The van der Waals surface area contributed by atoms with E-state index in [9.17, 15) is 5.11 Å². The van der Waals surface area contributed by atoms with Crippen molar-refractivity contribution < 1.29 is 19.3 Å². The average Bonchev–Trinajstić information content (AvgIpc) is 3.09. The van der Waals surface area contributed by atoms with E-state index in [0.29, 0.717) is 13.2 Å². The maximum absolute atomic E-state index is 10.5. The second-order valence-corrected chi connectivity index (χ2v) is 7.89. The fourth-order valence-electron chi connectivity index (χ4n) is 3.03. The molecule has 0 fully saturated rings. The Balaban J connectivity index is 1.49. The number of benzene rings is 2. The lowest BCUT2D eigenvalue weighted by molar-refractivity contribution is -0.00987. The van der Waals surface area contributed by atoms with Crippen molar-refractivity contribution in [1.82, 2.24) is 4.90 Å². The van der Waals surface area contributed by atoms with E-state index in [1.807, 2.05) is 36.4 Å². The fraction of sp³-hybridized carbons (Fsp3) is 0.455. The van der Waals surface area contributed by atoms with Crippen molar-refractivity contribution in [3.05, 3.63) is 59.7 Å². The Morgan fingerprint density at radius 2 is 1.78 bits per heavy atom. The maximum Gasteiger partial charge on any atom is 0.231 e. The molecule has 27 heavy (non-hydrogen) atoms. The summed E-state index contributed by atoms with van der Waals surface area (Å²) in [6.07, 6.45) is -0.554. The van der Waals surface area contributed by atoms with Gasteiger partial charge in [-0.2, -0.15) is 0 Å². The fourth-order valence-corrected chi connectivity index (χ4v) is 3.03. The van der Waals surface area contributed by atoms with Crippen LogP contribution >= 0.6 is 0 Å². The van der Waals surface area contributed by atoms with Crippen LogP contribution in [0, 0.1) is 0 Å². The number of hydrogen-bond donors (Lipinski definition) is 1. The molecule has 3 rings (SSSR count). The predicted molar refractivity (Wildman–Crippen MR) is 105 cm³/mol. The third kappa shape index (κ3) is 5.70. The highest BCUT2D eigenvalue weighted by molar-refractivity contribution is 5.44. The lowest BCUT2D eigenvalue weighted by Crippen LogP contribution is -2.45. The standard InChI is InChI=1S/C22H29NO4/c1-22(2,3)23(12-17-7-5-4-6-8-17)13-19(24)15-25-14-18-9-10-20-21(11-18)27-16-26-20/h4-11,19,24H,12-16H2,1-3H3. The minimum atomic E-state index is -0.554. The zero-order valence-corrected chi connectivity index (χ0v) is 16.4. The van der Waals surface area contributed by atoms with Gasteiger partial charge in [0.25, 0.3) is 0 Å². The van der Waals surface area contributed by atoms with Crippen LogP contribution in [-0.4, -0.2) is 41.6 Å². The van der Waals surface area contributed by atoms with Gasteiger partial charge in [0, 0.05) is 18.6 Å². The first-order valence-electron chi connectivity index (χ1n) is 9.35. The molecule has 0 radical (unpaired) electrons. The Morgan fingerprint density at radius 3 is 2.52 bits per heavy atom. The molecule has 2 aromatic carbocycles. The normalized spacial score (nSPS) is 14.6. The van der Waals surface area contributed by atoms with Gasteiger partial charge in [0.15, 0.2) is 11.5 Å². The van der Waals surface area contributed by atoms with Crippen LogP contribution in [0.15, 0.2) is 48.5 Å². The van der Waals surface area contributed by atoms with Gasteiger partial charge >= 0.3 is 0 Å². The number of β-amino-alcohol motifs (C(OH)–C–C–N with tert-alkyl or cyclic N) is 1. The smallest absolute Gasteiger partial charge is 0.231 e. The molecule has 0 saturated carbocycles. The summed E-state index contributed by atoms with van der Waals surface area (Å²) in [5.74, 6) is 1.51. The summed E-state index contributed by atoms with van der Waals surface area (Å²) in [5.41, 5.74) is 2.19. The van der Waals surface area contributed by atoms with Gasteiger partial charge in [-0.15, -0.1) is 0 Å². The Bertz CT molecular complexity index is 727. The van der Waals surface area contributed by atoms with Crippen LogP contribution in [-0.2, 0) is 17.9 Å². The van der Waals surface area contributed by atoms with Crippen molar-refractivity contribution in [2.24, 2.45) is 0 Å². The van der Waals surface area contributed by atoms with Crippen LogP contribution < -0.4 is 9.47 Å². The highest BCUT2D eigenvalue weighted by Gasteiger charge is 2.24. The van der Waals surface area contributed by atoms with Gasteiger partial charge < -0.3 is 19.3 Å². The molecule has 5 heteroatoms. The number of aliphatic hydroxyl groups excluding tert-OH is 1. The molecule has 0 saturated heterocycles. The number of nitrogens with zero attached hydrogens (tertiary/aromatic N) is 1. The van der Waals surface area contributed by atoms with Crippen LogP contribution in [0.4, 0.5) is 0 Å². The zero-order chi connectivity index (χ0) is 19.3. The van der Waals surface area contributed by atoms with Crippen LogP contribution in [0.25, 0.3) is 0 Å². The van der Waals surface area contributed by atoms with Gasteiger partial charge in [0.1, 0.15) is 0 Å². The van der Waals surface area contributed by atoms with Gasteiger partial charge in [0.05, 0.1) is 19.3 Å². The summed E-state index contributed by atoms with van der Waals surface area (Å²) in [7, 11) is 0. The number of fused-ring (bicyclic) bond motifs is 1. The Kier molecular flexibility index (Phi) is 6.37. The zero-order valence-electron chi connectivity index (χ0n) is 16.4. The molecule has 2 aromatic rings. The van der Waals surface area contributed by atoms with Crippen molar-refractivity contribution in [3.8, 4) is 11.5 Å². The summed E-state index contributed by atoms with van der Waals surface area (Å²) >= 11 is 0. The lowest BCUT2D eigenvalue weighted by atomic mass is 10.0. The lowest BCUT2D eigenvalue weighted by Gasteiger charge is -2.37. The summed E-state index contributed by atoms with van der Waals surface area (Å²) in [6.45, 7) is 8.83. The molecule has 1 atom stereocenters. The van der Waals surface area contributed by atoms with Crippen LogP contribution in [0.3, 0.4) is 0 Å². The SMILES string of the molecule is CC(C)(C)N(Cc1ccccc1)CC(O)COCc1ccc2c(c1)OCO2. The van der Waals surface area contributed by atoms with Gasteiger partial charge in [-0.25, -0.2) is 0 Å². The molecule has 0 bridgehead atoms. The molecular formula is C22H29NO4. The molecule has 0 amide bonds. The molecule has 1 heterocycles. The van der Waals surface area contributed by atoms with Gasteiger partial charge in [0.2, 0.25) is 6.79 Å². The molecule has 0 spiro atoms. The molecule has 1 N–H and O–H groups in total. The van der Waals surface area contributed by atoms with Gasteiger partial charge in [-0.05, 0) is 44.0 Å². The van der Waals surface area contributed by atoms with Crippen molar-refractivity contribution >= 4 is 0 Å². The molecule has 1 unspecified atom stereocenters. The minimum absolute atomic E-state index is 0.0475. The largest absolute Gasteiger partial charge is 0.454 e. The number of ether oxygens (including phenoxy) is 3. The number of aliphatic hydroxyl groups is 1. The number of rotatable bonds is 8. The van der Waals surface area contributed by atoms with E-state index in [-0.39, 0.29) is 18.9 Å². The van der Waals surface area contributed by atoms with Crippen molar-refractivity contribution in [3.63, 3.8) is 0 Å². The highest BCUT2D eigenvalue weighted by atomic mass is 16.7. The van der Waals surface area contributed by atoms with Crippen LogP contribution in [0.2, 0.25) is 0 Å². The Morgan fingerprint density at radius 1 is 1.04 bits per heavy atom. The second-order valence-electron chi connectivity index (χ2n) is 7.89. The van der Waals surface area contributed by atoms with Crippen LogP contribution in [0.1, 0.15) is 31.9 Å².